The van der Waals surface area contributed by atoms with Gasteiger partial charge in [-0.1, -0.05) is 18.2 Å². The highest BCUT2D eigenvalue weighted by atomic mass is 16.5. The van der Waals surface area contributed by atoms with Crippen LogP contribution in [0.4, 0.5) is 0 Å². The molecule has 2 heterocycles. The third kappa shape index (κ3) is 4.10. The van der Waals surface area contributed by atoms with Crippen molar-refractivity contribution in [3.63, 3.8) is 0 Å². The second-order valence-electron chi connectivity index (χ2n) is 4.71. The number of ether oxygens (including phenoxy) is 1. The summed E-state index contributed by atoms with van der Waals surface area (Å²) < 4.78 is 5.62. The molecule has 0 bridgehead atoms. The monoisotopic (exact) mass is 292 g/mol. The summed E-state index contributed by atoms with van der Waals surface area (Å²) in [5, 5.41) is 3.36. The van der Waals surface area contributed by atoms with Crippen molar-refractivity contribution >= 4 is 0 Å². The van der Waals surface area contributed by atoms with Crippen LogP contribution in [0.25, 0.3) is 0 Å². The minimum absolute atomic E-state index is 0.348. The van der Waals surface area contributed by atoms with Crippen LogP contribution in [0, 0.1) is 0 Å². The van der Waals surface area contributed by atoms with Gasteiger partial charge in [0.15, 0.2) is 0 Å². The molecule has 0 aliphatic carbocycles. The molecule has 1 aromatic carbocycles. The molecule has 2 aromatic heterocycles. The Bertz CT molecular complexity index is 704. The standard InChI is InChI=1S/C17H16N4O/c1-2-8-19-15(6-1)13-18-12-14-5-3-7-16(11-14)22-17-20-9-4-10-21-17/h1-11,18H,12-13H2. The van der Waals surface area contributed by atoms with Gasteiger partial charge in [0, 0.05) is 31.7 Å². The number of rotatable bonds is 6. The lowest BCUT2D eigenvalue weighted by molar-refractivity contribution is 0.441. The number of nitrogens with zero attached hydrogens (tertiary/aromatic N) is 3. The van der Waals surface area contributed by atoms with E-state index in [-0.39, 0.29) is 0 Å². The van der Waals surface area contributed by atoms with Gasteiger partial charge in [0.25, 0.3) is 0 Å². The maximum absolute atomic E-state index is 5.62. The molecule has 5 nitrogen and oxygen atoms in total. The molecule has 5 heteroatoms. The Labute approximate surface area is 129 Å². The van der Waals surface area contributed by atoms with E-state index < -0.39 is 0 Å². The number of pyridine rings is 1. The summed E-state index contributed by atoms with van der Waals surface area (Å²) in [6.07, 6.45) is 5.10. The predicted molar refractivity (Wildman–Crippen MR) is 83.3 cm³/mol. The molecule has 3 aromatic rings. The minimum atomic E-state index is 0.348. The fourth-order valence-corrected chi connectivity index (χ4v) is 2.00. The first-order valence-corrected chi connectivity index (χ1v) is 7.04. The molecule has 3 rings (SSSR count). The Morgan fingerprint density at radius 1 is 0.818 bits per heavy atom. The fraction of sp³-hybridized carbons (Fsp3) is 0.118. The summed E-state index contributed by atoms with van der Waals surface area (Å²) in [7, 11) is 0. The molecule has 0 unspecified atom stereocenters. The van der Waals surface area contributed by atoms with Crippen molar-refractivity contribution in [2.75, 3.05) is 0 Å². The van der Waals surface area contributed by atoms with E-state index in [0.29, 0.717) is 6.01 Å². The molecular formula is C17H16N4O. The Balaban J connectivity index is 1.57. The van der Waals surface area contributed by atoms with E-state index in [1.54, 1.807) is 24.7 Å². The summed E-state index contributed by atoms with van der Waals surface area (Å²) >= 11 is 0. The van der Waals surface area contributed by atoms with E-state index in [2.05, 4.69) is 20.3 Å². The van der Waals surface area contributed by atoms with Gasteiger partial charge in [-0.25, -0.2) is 9.97 Å². The number of hydrogen-bond donors (Lipinski definition) is 1. The second-order valence-corrected chi connectivity index (χ2v) is 4.71. The summed E-state index contributed by atoms with van der Waals surface area (Å²) in [5.74, 6) is 0.725. The predicted octanol–water partition coefficient (Wildman–Crippen LogP) is 2.95. The summed E-state index contributed by atoms with van der Waals surface area (Å²) in [6.45, 7) is 1.47. The third-order valence-electron chi connectivity index (χ3n) is 3.01. The van der Waals surface area contributed by atoms with Crippen LogP contribution >= 0.6 is 0 Å². The molecule has 1 N–H and O–H groups in total. The van der Waals surface area contributed by atoms with Crippen LogP contribution in [0.15, 0.2) is 67.1 Å². The molecule has 0 saturated carbocycles. The molecule has 0 fully saturated rings. The smallest absolute Gasteiger partial charge is 0.321 e. The molecule has 22 heavy (non-hydrogen) atoms. The van der Waals surface area contributed by atoms with Gasteiger partial charge in [0.05, 0.1) is 5.69 Å². The first kappa shape index (κ1) is 14.2. The van der Waals surface area contributed by atoms with Gasteiger partial charge in [-0.3, -0.25) is 4.98 Å². The van der Waals surface area contributed by atoms with Gasteiger partial charge < -0.3 is 10.1 Å². The van der Waals surface area contributed by atoms with Crippen molar-refractivity contribution in [1.82, 2.24) is 20.3 Å². The van der Waals surface area contributed by atoms with Crippen molar-refractivity contribution in [3.8, 4) is 11.8 Å². The summed E-state index contributed by atoms with van der Waals surface area (Å²) in [6, 6.07) is 15.9. The highest BCUT2D eigenvalue weighted by Crippen LogP contribution is 2.18. The largest absolute Gasteiger partial charge is 0.424 e. The molecule has 0 radical (unpaired) electrons. The minimum Gasteiger partial charge on any atom is -0.424 e. The number of benzene rings is 1. The van der Waals surface area contributed by atoms with Gasteiger partial charge in [-0.15, -0.1) is 0 Å². The van der Waals surface area contributed by atoms with E-state index in [1.165, 1.54) is 0 Å². The molecule has 0 saturated heterocycles. The van der Waals surface area contributed by atoms with Gasteiger partial charge in [0.1, 0.15) is 5.75 Å². The number of hydrogen-bond acceptors (Lipinski definition) is 5. The zero-order valence-electron chi connectivity index (χ0n) is 12.0. The Morgan fingerprint density at radius 2 is 1.68 bits per heavy atom. The SMILES string of the molecule is c1ccc(CNCc2cccc(Oc3ncccn3)c2)nc1. The maximum atomic E-state index is 5.62. The quantitative estimate of drug-likeness (QED) is 0.757. The molecule has 0 atom stereocenters. The lowest BCUT2D eigenvalue weighted by atomic mass is 10.2. The lowest BCUT2D eigenvalue weighted by Crippen LogP contribution is -2.13. The zero-order valence-corrected chi connectivity index (χ0v) is 12.0. The van der Waals surface area contributed by atoms with Crippen LogP contribution in [0.5, 0.6) is 11.8 Å². The Morgan fingerprint density at radius 3 is 2.50 bits per heavy atom. The molecule has 0 aliphatic heterocycles. The van der Waals surface area contributed by atoms with Crippen LogP contribution in [-0.2, 0) is 13.1 Å². The Hall–Kier alpha value is -2.79. The van der Waals surface area contributed by atoms with E-state index in [1.807, 2.05) is 42.5 Å². The van der Waals surface area contributed by atoms with Crippen LogP contribution < -0.4 is 10.1 Å². The second kappa shape index (κ2) is 7.28. The van der Waals surface area contributed by atoms with Crippen LogP contribution in [0.2, 0.25) is 0 Å². The van der Waals surface area contributed by atoms with Crippen molar-refractivity contribution < 1.29 is 4.74 Å². The molecular weight excluding hydrogens is 276 g/mol. The first-order chi connectivity index (χ1) is 10.9. The molecule has 0 aliphatic rings. The van der Waals surface area contributed by atoms with Gasteiger partial charge >= 0.3 is 6.01 Å². The van der Waals surface area contributed by atoms with Crippen LogP contribution in [-0.4, -0.2) is 15.0 Å². The number of nitrogens with one attached hydrogen (secondary N) is 1. The van der Waals surface area contributed by atoms with Crippen LogP contribution in [0.3, 0.4) is 0 Å². The molecule has 0 amide bonds. The highest BCUT2D eigenvalue weighted by molar-refractivity contribution is 5.30. The van der Waals surface area contributed by atoms with E-state index in [4.69, 9.17) is 4.74 Å². The van der Waals surface area contributed by atoms with Gasteiger partial charge in [-0.05, 0) is 35.9 Å². The van der Waals surface area contributed by atoms with Crippen LogP contribution in [0.1, 0.15) is 11.3 Å². The third-order valence-corrected chi connectivity index (χ3v) is 3.01. The van der Waals surface area contributed by atoms with Crippen molar-refractivity contribution in [2.45, 2.75) is 13.1 Å². The summed E-state index contributed by atoms with van der Waals surface area (Å²) in [4.78, 5) is 12.4. The normalized spacial score (nSPS) is 10.4. The average molecular weight is 292 g/mol. The van der Waals surface area contributed by atoms with Gasteiger partial charge in [0.2, 0.25) is 0 Å². The van der Waals surface area contributed by atoms with E-state index in [0.717, 1.165) is 30.1 Å². The maximum Gasteiger partial charge on any atom is 0.321 e. The van der Waals surface area contributed by atoms with E-state index in [9.17, 15) is 0 Å². The van der Waals surface area contributed by atoms with E-state index >= 15 is 0 Å². The van der Waals surface area contributed by atoms with Crippen molar-refractivity contribution in [1.29, 1.82) is 0 Å². The lowest BCUT2D eigenvalue weighted by Gasteiger charge is -2.07. The topological polar surface area (TPSA) is 59.9 Å². The Kier molecular flexibility index (Phi) is 4.69. The highest BCUT2D eigenvalue weighted by Gasteiger charge is 2.01. The fourth-order valence-electron chi connectivity index (χ4n) is 2.00. The zero-order chi connectivity index (χ0) is 15.0. The molecule has 110 valence electrons. The van der Waals surface area contributed by atoms with Crippen molar-refractivity contribution in [3.05, 3.63) is 78.4 Å². The van der Waals surface area contributed by atoms with Gasteiger partial charge in [-0.2, -0.15) is 0 Å². The molecule has 0 spiro atoms. The average Bonchev–Trinajstić information content (AvgIpc) is 2.57. The number of aromatic nitrogens is 3. The first-order valence-electron chi connectivity index (χ1n) is 7.04. The van der Waals surface area contributed by atoms with Crippen molar-refractivity contribution in [2.24, 2.45) is 0 Å². The summed E-state index contributed by atoms with van der Waals surface area (Å²) in [5.41, 5.74) is 2.15.